The summed E-state index contributed by atoms with van der Waals surface area (Å²) in [5.74, 6) is 1.85. The second-order valence-electron chi connectivity index (χ2n) is 4.93. The van der Waals surface area contributed by atoms with E-state index in [2.05, 4.69) is 33.1 Å². The van der Waals surface area contributed by atoms with E-state index in [1.807, 2.05) is 27.7 Å². The van der Waals surface area contributed by atoms with Crippen molar-refractivity contribution in [3.63, 3.8) is 0 Å². The Labute approximate surface area is 104 Å². The summed E-state index contributed by atoms with van der Waals surface area (Å²) in [6, 6.07) is 0. The Morgan fingerprint density at radius 1 is 0.875 bits per heavy atom. The van der Waals surface area contributed by atoms with E-state index in [4.69, 9.17) is 0 Å². The van der Waals surface area contributed by atoms with Crippen molar-refractivity contribution in [1.29, 1.82) is 0 Å². The fraction of sp³-hybridized carbons (Fsp3) is 1.00. The molecule has 0 amide bonds. The highest BCUT2D eigenvalue weighted by molar-refractivity contribution is 4.87. The zero-order valence-corrected chi connectivity index (χ0v) is 13.0. The molecule has 0 radical (unpaired) electrons. The number of rotatable bonds is 2. The Kier molecular flexibility index (Phi) is 11.6. The van der Waals surface area contributed by atoms with Crippen molar-refractivity contribution in [1.82, 2.24) is 5.32 Å². The van der Waals surface area contributed by atoms with E-state index < -0.39 is 0 Å². The van der Waals surface area contributed by atoms with E-state index in [-0.39, 0.29) is 0 Å². The molecular weight excluding hydrogens is 194 g/mol. The van der Waals surface area contributed by atoms with Crippen LogP contribution >= 0.6 is 0 Å². The number of hydrogen-bond donors (Lipinski definition) is 1. The first-order chi connectivity index (χ1) is 7.56. The van der Waals surface area contributed by atoms with Crippen LogP contribution in [0.3, 0.4) is 0 Å². The van der Waals surface area contributed by atoms with Crippen LogP contribution < -0.4 is 5.32 Å². The van der Waals surface area contributed by atoms with Gasteiger partial charge in [-0.2, -0.15) is 0 Å². The zero-order valence-electron chi connectivity index (χ0n) is 13.0. The summed E-state index contributed by atoms with van der Waals surface area (Å²) in [4.78, 5) is 0. The van der Waals surface area contributed by atoms with Crippen molar-refractivity contribution in [2.24, 2.45) is 11.8 Å². The van der Waals surface area contributed by atoms with Gasteiger partial charge in [-0.25, -0.2) is 0 Å². The molecule has 0 saturated heterocycles. The highest BCUT2D eigenvalue weighted by Gasteiger charge is 2.30. The van der Waals surface area contributed by atoms with Crippen LogP contribution in [0.4, 0.5) is 0 Å². The summed E-state index contributed by atoms with van der Waals surface area (Å²) in [5, 5.41) is 3.43. The van der Waals surface area contributed by atoms with Crippen molar-refractivity contribution in [3.05, 3.63) is 0 Å². The number of hydrogen-bond acceptors (Lipinski definition) is 1. The van der Waals surface area contributed by atoms with Gasteiger partial charge in [0.2, 0.25) is 0 Å². The van der Waals surface area contributed by atoms with Crippen molar-refractivity contribution < 1.29 is 0 Å². The zero-order chi connectivity index (χ0) is 13.2. The molecule has 0 aromatic carbocycles. The van der Waals surface area contributed by atoms with Crippen LogP contribution in [0.5, 0.6) is 0 Å². The molecule has 100 valence electrons. The summed E-state index contributed by atoms with van der Waals surface area (Å²) < 4.78 is 0. The van der Waals surface area contributed by atoms with E-state index >= 15 is 0 Å². The van der Waals surface area contributed by atoms with Gasteiger partial charge in [0.05, 0.1) is 0 Å². The summed E-state index contributed by atoms with van der Waals surface area (Å²) in [6.45, 7) is 15.0. The quantitative estimate of drug-likeness (QED) is 0.713. The molecule has 0 heterocycles. The lowest BCUT2D eigenvalue weighted by Crippen LogP contribution is -2.45. The third-order valence-electron chi connectivity index (χ3n) is 3.68. The molecule has 1 N–H and O–H groups in total. The standard InChI is InChI=1S/C11H23N.2C2H6/c1-9-5-7-10(8-6-9)11(2,3)12-4;2*1-2/h9-10,12H,5-8H2,1-4H3;2*1-2H3. The van der Waals surface area contributed by atoms with Crippen molar-refractivity contribution >= 4 is 0 Å². The highest BCUT2D eigenvalue weighted by Crippen LogP contribution is 2.34. The first-order valence-corrected chi connectivity index (χ1v) is 7.25. The minimum absolute atomic E-state index is 0.347. The van der Waals surface area contributed by atoms with E-state index in [9.17, 15) is 0 Å². The second kappa shape index (κ2) is 10.1. The average Bonchev–Trinajstić information content (AvgIpc) is 2.35. The molecule has 1 saturated carbocycles. The van der Waals surface area contributed by atoms with Gasteiger partial charge >= 0.3 is 0 Å². The first-order valence-electron chi connectivity index (χ1n) is 7.25. The largest absolute Gasteiger partial charge is 0.315 e. The topological polar surface area (TPSA) is 12.0 Å². The minimum Gasteiger partial charge on any atom is -0.315 e. The normalized spacial score (nSPS) is 24.8. The molecule has 1 rings (SSSR count). The Morgan fingerprint density at radius 2 is 1.25 bits per heavy atom. The molecule has 16 heavy (non-hydrogen) atoms. The third kappa shape index (κ3) is 6.52. The SMILES string of the molecule is CC.CC.CNC(C)(C)C1CCC(C)CC1. The fourth-order valence-electron chi connectivity index (χ4n) is 2.19. The lowest BCUT2D eigenvalue weighted by molar-refractivity contribution is 0.179. The minimum atomic E-state index is 0.347. The molecule has 0 atom stereocenters. The monoisotopic (exact) mass is 229 g/mol. The molecule has 0 aromatic rings. The van der Waals surface area contributed by atoms with Crippen molar-refractivity contribution in [3.8, 4) is 0 Å². The van der Waals surface area contributed by atoms with E-state index in [0.29, 0.717) is 5.54 Å². The van der Waals surface area contributed by atoms with E-state index in [1.54, 1.807) is 0 Å². The Morgan fingerprint density at radius 3 is 1.56 bits per heavy atom. The summed E-state index contributed by atoms with van der Waals surface area (Å²) in [5.41, 5.74) is 0.347. The van der Waals surface area contributed by atoms with Crippen molar-refractivity contribution in [2.45, 2.75) is 79.7 Å². The lowest BCUT2D eigenvalue weighted by Gasteiger charge is -2.38. The maximum atomic E-state index is 3.43. The van der Waals surface area contributed by atoms with Crippen LogP contribution in [0.25, 0.3) is 0 Å². The predicted octanol–water partition coefficient (Wildman–Crippen LogP) is 4.86. The van der Waals surface area contributed by atoms with Crippen LogP contribution in [0, 0.1) is 11.8 Å². The van der Waals surface area contributed by atoms with E-state index in [0.717, 1.165) is 11.8 Å². The molecule has 0 aromatic heterocycles. The van der Waals surface area contributed by atoms with Gasteiger partial charge in [0, 0.05) is 5.54 Å². The Hall–Kier alpha value is -0.0400. The molecule has 1 nitrogen and oxygen atoms in total. The summed E-state index contributed by atoms with van der Waals surface area (Å²) >= 11 is 0. The highest BCUT2D eigenvalue weighted by atomic mass is 14.9. The van der Waals surface area contributed by atoms with Crippen LogP contribution in [0.2, 0.25) is 0 Å². The molecule has 0 spiro atoms. The van der Waals surface area contributed by atoms with Crippen molar-refractivity contribution in [2.75, 3.05) is 7.05 Å². The fourth-order valence-corrected chi connectivity index (χ4v) is 2.19. The van der Waals surface area contributed by atoms with Gasteiger partial charge in [0.1, 0.15) is 0 Å². The first kappa shape index (κ1) is 18.3. The molecule has 0 aliphatic heterocycles. The number of nitrogens with one attached hydrogen (secondary N) is 1. The van der Waals surface area contributed by atoms with Gasteiger partial charge in [0.15, 0.2) is 0 Å². The third-order valence-corrected chi connectivity index (χ3v) is 3.68. The lowest BCUT2D eigenvalue weighted by atomic mass is 9.74. The molecule has 1 heteroatoms. The van der Waals surface area contributed by atoms with Gasteiger partial charge in [-0.05, 0) is 45.6 Å². The Bertz CT molecular complexity index is 132. The van der Waals surface area contributed by atoms with Crippen LogP contribution in [-0.2, 0) is 0 Å². The average molecular weight is 229 g/mol. The molecule has 1 fully saturated rings. The molecule has 0 unspecified atom stereocenters. The molecule has 1 aliphatic carbocycles. The molecule has 1 aliphatic rings. The van der Waals surface area contributed by atoms with Gasteiger partial charge < -0.3 is 5.32 Å². The van der Waals surface area contributed by atoms with Gasteiger partial charge in [0.25, 0.3) is 0 Å². The smallest absolute Gasteiger partial charge is 0.0150 e. The predicted molar refractivity (Wildman–Crippen MR) is 77.0 cm³/mol. The maximum absolute atomic E-state index is 3.43. The molecule has 0 bridgehead atoms. The van der Waals surface area contributed by atoms with Gasteiger partial charge in [-0.3, -0.25) is 0 Å². The summed E-state index contributed by atoms with van der Waals surface area (Å²) in [7, 11) is 2.08. The Balaban J connectivity index is 0. The summed E-state index contributed by atoms with van der Waals surface area (Å²) in [6.07, 6.45) is 5.68. The van der Waals surface area contributed by atoms with Crippen LogP contribution in [-0.4, -0.2) is 12.6 Å². The van der Waals surface area contributed by atoms with Crippen LogP contribution in [0.1, 0.15) is 74.1 Å². The maximum Gasteiger partial charge on any atom is 0.0150 e. The van der Waals surface area contributed by atoms with E-state index in [1.165, 1.54) is 25.7 Å². The second-order valence-corrected chi connectivity index (χ2v) is 4.93. The van der Waals surface area contributed by atoms with Crippen LogP contribution in [0.15, 0.2) is 0 Å². The molecular formula is C15H35N. The van der Waals surface area contributed by atoms with Gasteiger partial charge in [-0.1, -0.05) is 47.5 Å². The van der Waals surface area contributed by atoms with Gasteiger partial charge in [-0.15, -0.1) is 0 Å².